The Labute approximate surface area is 172 Å². The summed E-state index contributed by atoms with van der Waals surface area (Å²) in [6.07, 6.45) is 2.24. The van der Waals surface area contributed by atoms with Crippen LogP contribution in [0.1, 0.15) is 11.3 Å². The van der Waals surface area contributed by atoms with Crippen LogP contribution in [-0.4, -0.2) is 36.1 Å². The maximum atomic E-state index is 13.6. The fourth-order valence-electron chi connectivity index (χ4n) is 2.50. The third-order valence-electron chi connectivity index (χ3n) is 3.77. The topological polar surface area (TPSA) is 32.6 Å². The molecule has 4 nitrogen and oxygen atoms in total. The number of aromatic nitrogens is 1. The molecule has 0 spiro atoms. The average molecular weight is 527 g/mol. The quantitative estimate of drug-likeness (QED) is 0.364. The average Bonchev–Trinajstić information content (AvgIpc) is 2.83. The van der Waals surface area contributed by atoms with E-state index in [0.29, 0.717) is 19.0 Å². The number of nitrogens with zero attached hydrogens (tertiary/aromatic N) is 3. The molecular formula is C17H22BrF2IN4. The van der Waals surface area contributed by atoms with Gasteiger partial charge in [0.1, 0.15) is 11.6 Å². The van der Waals surface area contributed by atoms with Gasteiger partial charge >= 0.3 is 0 Å². The summed E-state index contributed by atoms with van der Waals surface area (Å²) in [6, 6.07) is 5.95. The highest BCUT2D eigenvalue weighted by atomic mass is 127. The number of rotatable bonds is 5. The monoisotopic (exact) mass is 526 g/mol. The Balaban J connectivity index is 0.00000312. The van der Waals surface area contributed by atoms with Crippen molar-refractivity contribution in [2.75, 3.05) is 20.6 Å². The van der Waals surface area contributed by atoms with Gasteiger partial charge in [-0.1, -0.05) is 6.07 Å². The van der Waals surface area contributed by atoms with Crippen molar-refractivity contribution >= 4 is 45.9 Å². The molecule has 25 heavy (non-hydrogen) atoms. The highest BCUT2D eigenvalue weighted by Gasteiger charge is 2.11. The van der Waals surface area contributed by atoms with Crippen molar-refractivity contribution in [1.82, 2.24) is 14.8 Å². The lowest BCUT2D eigenvalue weighted by Gasteiger charge is -2.22. The largest absolute Gasteiger partial charge is 0.356 e. The standard InChI is InChI=1S/C17H21BrF2N4.HI/c1-21-17(24(3)11-13-9-12(18)10-23(13)2)22-8-7-14-15(19)5-4-6-16(14)20;/h4-6,9-10H,7-8,11H2,1-3H3,(H,21,22);1H. The fraction of sp³-hybridized carbons (Fsp3) is 0.353. The first-order valence-corrected chi connectivity index (χ1v) is 8.37. The van der Waals surface area contributed by atoms with Gasteiger partial charge in [0.25, 0.3) is 0 Å². The van der Waals surface area contributed by atoms with Crippen LogP contribution in [0.2, 0.25) is 0 Å². The van der Waals surface area contributed by atoms with E-state index in [-0.39, 0.29) is 36.0 Å². The summed E-state index contributed by atoms with van der Waals surface area (Å²) in [5.74, 6) is -0.369. The van der Waals surface area contributed by atoms with Gasteiger partial charge in [-0.25, -0.2) is 8.78 Å². The molecular weight excluding hydrogens is 505 g/mol. The first-order chi connectivity index (χ1) is 11.4. The zero-order valence-electron chi connectivity index (χ0n) is 14.4. The van der Waals surface area contributed by atoms with Crippen LogP contribution in [0.5, 0.6) is 0 Å². The smallest absolute Gasteiger partial charge is 0.193 e. The van der Waals surface area contributed by atoms with Crippen LogP contribution in [0.15, 0.2) is 39.9 Å². The Morgan fingerprint density at radius 2 is 1.96 bits per heavy atom. The van der Waals surface area contributed by atoms with Gasteiger partial charge in [-0.15, -0.1) is 24.0 Å². The molecule has 0 radical (unpaired) electrons. The van der Waals surface area contributed by atoms with Gasteiger partial charge in [-0.05, 0) is 40.5 Å². The van der Waals surface area contributed by atoms with Crippen molar-refractivity contribution in [2.24, 2.45) is 12.0 Å². The maximum absolute atomic E-state index is 13.6. The highest BCUT2D eigenvalue weighted by molar-refractivity contribution is 14.0. The number of hydrogen-bond donors (Lipinski definition) is 1. The zero-order chi connectivity index (χ0) is 17.7. The van der Waals surface area contributed by atoms with E-state index in [1.54, 1.807) is 7.05 Å². The molecule has 0 aliphatic rings. The van der Waals surface area contributed by atoms with Crippen LogP contribution in [-0.2, 0) is 20.0 Å². The Kier molecular flexibility index (Phi) is 8.84. The molecule has 0 amide bonds. The molecule has 2 aromatic rings. The SMILES string of the molecule is CN=C(NCCc1c(F)cccc1F)N(C)Cc1cc(Br)cn1C.I. The molecule has 1 N–H and O–H groups in total. The van der Waals surface area contributed by atoms with Crippen LogP contribution in [0, 0.1) is 11.6 Å². The van der Waals surface area contributed by atoms with Crippen LogP contribution in [0.3, 0.4) is 0 Å². The molecule has 2 rings (SSSR count). The molecule has 0 bridgehead atoms. The lowest BCUT2D eigenvalue weighted by molar-refractivity contribution is 0.461. The third kappa shape index (κ3) is 5.95. The second-order valence-electron chi connectivity index (χ2n) is 5.54. The minimum Gasteiger partial charge on any atom is -0.356 e. The van der Waals surface area contributed by atoms with Crippen molar-refractivity contribution in [1.29, 1.82) is 0 Å². The normalized spacial score (nSPS) is 11.2. The van der Waals surface area contributed by atoms with Gasteiger partial charge in [-0.3, -0.25) is 4.99 Å². The van der Waals surface area contributed by atoms with Gasteiger partial charge < -0.3 is 14.8 Å². The molecule has 138 valence electrons. The first kappa shape index (κ1) is 21.9. The van der Waals surface area contributed by atoms with Crippen molar-refractivity contribution in [2.45, 2.75) is 13.0 Å². The Bertz CT molecular complexity index is 713. The zero-order valence-corrected chi connectivity index (χ0v) is 18.3. The van der Waals surface area contributed by atoms with E-state index in [1.807, 2.05) is 35.8 Å². The van der Waals surface area contributed by atoms with E-state index >= 15 is 0 Å². The second kappa shape index (κ2) is 10.1. The van der Waals surface area contributed by atoms with E-state index in [0.717, 1.165) is 10.2 Å². The predicted octanol–water partition coefficient (Wildman–Crippen LogP) is 3.93. The molecule has 1 aromatic carbocycles. The summed E-state index contributed by atoms with van der Waals surface area (Å²) in [6.45, 7) is 1.06. The van der Waals surface area contributed by atoms with E-state index in [9.17, 15) is 8.78 Å². The summed E-state index contributed by atoms with van der Waals surface area (Å²) in [5.41, 5.74) is 1.21. The molecule has 1 heterocycles. The summed E-state index contributed by atoms with van der Waals surface area (Å²) < 4.78 is 30.3. The lowest BCUT2D eigenvalue weighted by atomic mass is 10.1. The Morgan fingerprint density at radius 3 is 2.48 bits per heavy atom. The van der Waals surface area contributed by atoms with E-state index in [1.165, 1.54) is 18.2 Å². The van der Waals surface area contributed by atoms with Crippen LogP contribution >= 0.6 is 39.9 Å². The molecule has 8 heteroatoms. The highest BCUT2D eigenvalue weighted by Crippen LogP contribution is 2.15. The number of halogens is 4. The number of benzene rings is 1. The Hall–Kier alpha value is -1.16. The van der Waals surface area contributed by atoms with Gasteiger partial charge in [-0.2, -0.15) is 0 Å². The number of aliphatic imine (C=N–C) groups is 1. The third-order valence-corrected chi connectivity index (χ3v) is 4.20. The molecule has 0 saturated heterocycles. The molecule has 1 aromatic heterocycles. The lowest BCUT2D eigenvalue weighted by Crippen LogP contribution is -2.39. The van der Waals surface area contributed by atoms with Gasteiger partial charge in [0.2, 0.25) is 0 Å². The number of nitrogens with one attached hydrogen (secondary N) is 1. The molecule has 0 atom stereocenters. The first-order valence-electron chi connectivity index (χ1n) is 7.57. The fourth-order valence-corrected chi connectivity index (χ4v) is 3.07. The summed E-state index contributed by atoms with van der Waals surface area (Å²) in [5, 5.41) is 3.14. The van der Waals surface area contributed by atoms with Gasteiger partial charge in [0, 0.05) is 49.6 Å². The molecule has 0 aliphatic carbocycles. The van der Waals surface area contributed by atoms with E-state index < -0.39 is 11.6 Å². The Morgan fingerprint density at radius 1 is 1.32 bits per heavy atom. The van der Waals surface area contributed by atoms with Crippen LogP contribution in [0.25, 0.3) is 0 Å². The summed E-state index contributed by atoms with van der Waals surface area (Å²) in [7, 11) is 5.58. The second-order valence-corrected chi connectivity index (χ2v) is 6.46. The molecule has 0 unspecified atom stereocenters. The van der Waals surface area contributed by atoms with Crippen molar-refractivity contribution < 1.29 is 8.78 Å². The van der Waals surface area contributed by atoms with Gasteiger partial charge in [0.15, 0.2) is 5.96 Å². The van der Waals surface area contributed by atoms with Crippen molar-refractivity contribution in [3.63, 3.8) is 0 Å². The summed E-state index contributed by atoms with van der Waals surface area (Å²) in [4.78, 5) is 6.18. The van der Waals surface area contributed by atoms with Crippen LogP contribution < -0.4 is 5.32 Å². The summed E-state index contributed by atoms with van der Waals surface area (Å²) >= 11 is 3.45. The molecule has 0 aliphatic heterocycles. The predicted molar refractivity (Wildman–Crippen MR) is 111 cm³/mol. The van der Waals surface area contributed by atoms with E-state index in [2.05, 4.69) is 26.2 Å². The van der Waals surface area contributed by atoms with Crippen molar-refractivity contribution in [3.05, 3.63) is 57.8 Å². The van der Waals surface area contributed by atoms with Gasteiger partial charge in [0.05, 0.1) is 6.54 Å². The number of aryl methyl sites for hydroxylation is 1. The van der Waals surface area contributed by atoms with Crippen molar-refractivity contribution in [3.8, 4) is 0 Å². The molecule has 0 saturated carbocycles. The number of guanidine groups is 1. The molecule has 0 fully saturated rings. The van der Waals surface area contributed by atoms with E-state index in [4.69, 9.17) is 0 Å². The maximum Gasteiger partial charge on any atom is 0.193 e. The van der Waals surface area contributed by atoms with Crippen LogP contribution in [0.4, 0.5) is 8.78 Å². The minimum absolute atomic E-state index is 0. The number of hydrogen-bond acceptors (Lipinski definition) is 1. The minimum atomic E-state index is -0.520.